The average molecular weight is 319 g/mol. The molecule has 0 saturated carbocycles. The molecule has 2 heterocycles. The Morgan fingerprint density at radius 3 is 2.61 bits per heavy atom. The van der Waals surface area contributed by atoms with E-state index in [2.05, 4.69) is 10.2 Å². The molecule has 0 aliphatic carbocycles. The van der Waals surface area contributed by atoms with Gasteiger partial charge in [-0.1, -0.05) is 6.92 Å². The summed E-state index contributed by atoms with van der Waals surface area (Å²) in [5.41, 5.74) is 1.64. The van der Waals surface area contributed by atoms with Gasteiger partial charge >= 0.3 is 5.97 Å². The number of carbonyl (C=O) groups is 2. The normalized spacial score (nSPS) is 10.7. The fraction of sp³-hybridized carbons (Fsp3) is 0.467. The van der Waals surface area contributed by atoms with Crippen LogP contribution in [0.4, 0.5) is 0 Å². The van der Waals surface area contributed by atoms with Gasteiger partial charge < -0.3 is 10.0 Å². The minimum absolute atomic E-state index is 0.324. The second-order valence-corrected chi connectivity index (χ2v) is 5.27. The van der Waals surface area contributed by atoms with Crippen molar-refractivity contribution < 1.29 is 14.7 Å². The summed E-state index contributed by atoms with van der Waals surface area (Å²) in [5.74, 6) is -1.36. The number of amides is 1. The summed E-state index contributed by atoms with van der Waals surface area (Å²) in [6, 6.07) is 0. The molecule has 2 aromatic heterocycles. The van der Waals surface area contributed by atoms with Crippen LogP contribution in [-0.4, -0.2) is 54.5 Å². The Morgan fingerprint density at radius 2 is 2.04 bits per heavy atom. The molecule has 0 radical (unpaired) electrons. The van der Waals surface area contributed by atoms with Crippen LogP contribution in [0.5, 0.6) is 0 Å². The molecule has 0 bridgehead atoms. The lowest BCUT2D eigenvalue weighted by molar-refractivity contribution is -0.137. The first-order valence-electron chi connectivity index (χ1n) is 7.53. The van der Waals surface area contributed by atoms with E-state index < -0.39 is 5.97 Å². The van der Waals surface area contributed by atoms with E-state index in [4.69, 9.17) is 5.11 Å². The topological polar surface area (TPSA) is 93.2 Å². The second kappa shape index (κ2) is 7.08. The third-order valence-corrected chi connectivity index (χ3v) is 3.40. The minimum atomic E-state index is -1.03. The zero-order valence-corrected chi connectivity index (χ0v) is 13.6. The molecule has 124 valence electrons. The Bertz CT molecular complexity index is 704. The van der Waals surface area contributed by atoms with Crippen LogP contribution in [0.1, 0.15) is 30.6 Å². The van der Waals surface area contributed by atoms with Crippen molar-refractivity contribution >= 4 is 11.9 Å². The van der Waals surface area contributed by atoms with Crippen molar-refractivity contribution in [1.82, 2.24) is 24.5 Å². The van der Waals surface area contributed by atoms with Gasteiger partial charge in [0.05, 0.1) is 11.8 Å². The van der Waals surface area contributed by atoms with Gasteiger partial charge in [0.2, 0.25) is 0 Å². The van der Waals surface area contributed by atoms with Crippen LogP contribution in [0, 0.1) is 0 Å². The lowest BCUT2D eigenvalue weighted by Crippen LogP contribution is -2.36. The monoisotopic (exact) mass is 319 g/mol. The molecular formula is C15H21N5O3. The lowest BCUT2D eigenvalue weighted by atomic mass is 10.1. The van der Waals surface area contributed by atoms with Crippen LogP contribution >= 0.6 is 0 Å². The standard InChI is InChI=1S/C15H21N5O3/c1-4-6-19(10-13(21)22)15(23)12-9-18(3)17-14(12)11-7-16-20(5-2)8-11/h7-9H,4-6,10H2,1-3H3,(H,21,22). The van der Waals surface area contributed by atoms with Gasteiger partial charge in [-0.25, -0.2) is 0 Å². The predicted molar refractivity (Wildman–Crippen MR) is 83.9 cm³/mol. The molecule has 0 aromatic carbocycles. The van der Waals surface area contributed by atoms with Crippen molar-refractivity contribution in [3.05, 3.63) is 24.2 Å². The van der Waals surface area contributed by atoms with Crippen molar-refractivity contribution in [3.8, 4) is 11.3 Å². The average Bonchev–Trinajstić information content (AvgIpc) is 3.11. The molecule has 0 spiro atoms. The van der Waals surface area contributed by atoms with E-state index in [-0.39, 0.29) is 12.5 Å². The van der Waals surface area contributed by atoms with E-state index in [0.29, 0.717) is 24.2 Å². The summed E-state index contributed by atoms with van der Waals surface area (Å²) in [7, 11) is 1.73. The van der Waals surface area contributed by atoms with Crippen molar-refractivity contribution in [1.29, 1.82) is 0 Å². The van der Waals surface area contributed by atoms with Gasteiger partial charge in [0, 0.05) is 38.1 Å². The third-order valence-electron chi connectivity index (χ3n) is 3.40. The summed E-state index contributed by atoms with van der Waals surface area (Å²) in [6.07, 6.45) is 5.78. The van der Waals surface area contributed by atoms with Gasteiger partial charge in [-0.2, -0.15) is 10.2 Å². The molecule has 8 heteroatoms. The highest BCUT2D eigenvalue weighted by atomic mass is 16.4. The van der Waals surface area contributed by atoms with Crippen molar-refractivity contribution in [2.75, 3.05) is 13.1 Å². The van der Waals surface area contributed by atoms with Gasteiger partial charge in [-0.3, -0.25) is 19.0 Å². The van der Waals surface area contributed by atoms with Gasteiger partial charge in [0.15, 0.2) is 0 Å². The Balaban J connectivity index is 2.38. The van der Waals surface area contributed by atoms with E-state index in [1.807, 2.05) is 20.0 Å². The summed E-state index contributed by atoms with van der Waals surface area (Å²) < 4.78 is 3.30. The van der Waals surface area contributed by atoms with Crippen molar-refractivity contribution in [2.45, 2.75) is 26.8 Å². The van der Waals surface area contributed by atoms with Crippen LogP contribution in [0.25, 0.3) is 11.3 Å². The molecule has 8 nitrogen and oxygen atoms in total. The first-order valence-corrected chi connectivity index (χ1v) is 7.53. The fourth-order valence-corrected chi connectivity index (χ4v) is 2.37. The van der Waals surface area contributed by atoms with Crippen LogP contribution in [0.2, 0.25) is 0 Å². The van der Waals surface area contributed by atoms with Crippen LogP contribution in [0.3, 0.4) is 0 Å². The zero-order valence-electron chi connectivity index (χ0n) is 13.6. The minimum Gasteiger partial charge on any atom is -0.480 e. The van der Waals surface area contributed by atoms with Crippen LogP contribution < -0.4 is 0 Å². The lowest BCUT2D eigenvalue weighted by Gasteiger charge is -2.19. The number of hydrogen-bond donors (Lipinski definition) is 1. The second-order valence-electron chi connectivity index (χ2n) is 5.27. The van der Waals surface area contributed by atoms with E-state index in [0.717, 1.165) is 12.1 Å². The largest absolute Gasteiger partial charge is 0.480 e. The highest BCUT2D eigenvalue weighted by molar-refractivity contribution is 6.00. The molecule has 0 fully saturated rings. The molecule has 23 heavy (non-hydrogen) atoms. The highest BCUT2D eigenvalue weighted by Gasteiger charge is 2.24. The van der Waals surface area contributed by atoms with E-state index in [1.54, 1.807) is 28.8 Å². The molecule has 0 aliphatic rings. The predicted octanol–water partition coefficient (Wildman–Crippen LogP) is 1.24. The molecule has 2 aromatic rings. The number of carboxylic acids is 1. The first-order chi connectivity index (χ1) is 11.0. The molecular weight excluding hydrogens is 298 g/mol. The Hall–Kier alpha value is -2.64. The van der Waals surface area contributed by atoms with Crippen molar-refractivity contribution in [2.24, 2.45) is 7.05 Å². The smallest absolute Gasteiger partial charge is 0.323 e. The molecule has 2 rings (SSSR count). The molecule has 0 unspecified atom stereocenters. The summed E-state index contributed by atoms with van der Waals surface area (Å²) >= 11 is 0. The Labute approximate surface area is 134 Å². The summed E-state index contributed by atoms with van der Waals surface area (Å²) in [6.45, 7) is 4.65. The van der Waals surface area contributed by atoms with E-state index in [9.17, 15) is 9.59 Å². The van der Waals surface area contributed by atoms with E-state index in [1.165, 1.54) is 4.90 Å². The number of nitrogens with zero attached hydrogens (tertiary/aromatic N) is 5. The molecule has 1 N–H and O–H groups in total. The summed E-state index contributed by atoms with van der Waals surface area (Å²) in [4.78, 5) is 25.1. The maximum Gasteiger partial charge on any atom is 0.323 e. The van der Waals surface area contributed by atoms with E-state index >= 15 is 0 Å². The summed E-state index contributed by atoms with van der Waals surface area (Å²) in [5, 5.41) is 17.5. The number of carboxylic acid groups (broad SMARTS) is 1. The quantitative estimate of drug-likeness (QED) is 0.829. The van der Waals surface area contributed by atoms with Crippen molar-refractivity contribution in [3.63, 3.8) is 0 Å². The van der Waals surface area contributed by atoms with Gasteiger partial charge in [0.1, 0.15) is 12.2 Å². The number of aryl methyl sites for hydroxylation is 2. The maximum absolute atomic E-state index is 12.7. The number of carbonyl (C=O) groups excluding carboxylic acids is 1. The molecule has 1 amide bonds. The third kappa shape index (κ3) is 3.77. The number of rotatable bonds is 7. The molecule has 0 saturated heterocycles. The zero-order chi connectivity index (χ0) is 17.0. The number of aliphatic carboxylic acids is 1. The first kappa shape index (κ1) is 16.7. The number of aromatic nitrogens is 4. The van der Waals surface area contributed by atoms with Crippen LogP contribution in [0.15, 0.2) is 18.6 Å². The maximum atomic E-state index is 12.7. The number of hydrogen-bond acceptors (Lipinski definition) is 4. The fourth-order valence-electron chi connectivity index (χ4n) is 2.37. The van der Waals surface area contributed by atoms with Gasteiger partial charge in [-0.15, -0.1) is 0 Å². The highest BCUT2D eigenvalue weighted by Crippen LogP contribution is 2.23. The SMILES string of the molecule is CCCN(CC(=O)O)C(=O)c1cn(C)nc1-c1cnn(CC)c1. The van der Waals surface area contributed by atoms with Gasteiger partial charge in [0.25, 0.3) is 5.91 Å². The van der Waals surface area contributed by atoms with Gasteiger partial charge in [-0.05, 0) is 13.3 Å². The van der Waals surface area contributed by atoms with Crippen LogP contribution in [-0.2, 0) is 18.4 Å². The Kier molecular flexibility index (Phi) is 5.15. The molecule has 0 atom stereocenters. The Morgan fingerprint density at radius 1 is 1.30 bits per heavy atom. The molecule has 0 aliphatic heterocycles.